The van der Waals surface area contributed by atoms with Gasteiger partial charge in [-0.05, 0) is 164 Å². The Morgan fingerprint density at radius 3 is 2.57 bits per heavy atom. The van der Waals surface area contributed by atoms with E-state index in [9.17, 15) is 40.5 Å². The molecule has 0 amide bonds. The molecule has 2 heterocycles. The van der Waals surface area contributed by atoms with E-state index in [0.717, 1.165) is 36.0 Å². The molecule has 72 heavy (non-hydrogen) atoms. The number of hydrogen-bond donors (Lipinski definition) is 8. The Hall–Kier alpha value is -4.12. The van der Waals surface area contributed by atoms with Gasteiger partial charge in [0.2, 0.25) is 5.79 Å². The van der Waals surface area contributed by atoms with E-state index in [1.54, 1.807) is 31.2 Å². The average Bonchev–Trinajstić information content (AvgIpc) is 3.34. The first-order chi connectivity index (χ1) is 34.5. The fraction of sp³-hybridized carbons (Fsp3) is 0.655. The van der Waals surface area contributed by atoms with Crippen molar-refractivity contribution in [3.63, 3.8) is 0 Å². The Balaban J connectivity index is 1.02. The zero-order valence-electron chi connectivity index (χ0n) is 42.5. The summed E-state index contributed by atoms with van der Waals surface area (Å²) >= 11 is 0. The van der Waals surface area contributed by atoms with E-state index in [4.69, 9.17) is 18.9 Å². The topological polar surface area (TPSA) is 225 Å². The molecule has 2 aromatic rings. The van der Waals surface area contributed by atoms with Crippen LogP contribution in [-0.2, 0) is 36.6 Å². The van der Waals surface area contributed by atoms with E-state index in [2.05, 4.69) is 31.3 Å². The third-order valence-corrected chi connectivity index (χ3v) is 18.3. The molecule has 0 aromatic heterocycles. The van der Waals surface area contributed by atoms with Crippen molar-refractivity contribution in [3.8, 4) is 11.5 Å². The van der Waals surface area contributed by atoms with Crippen molar-refractivity contribution in [2.75, 3.05) is 26.9 Å². The lowest BCUT2D eigenvalue weighted by Gasteiger charge is -2.59. The molecule has 394 valence electrons. The Bertz CT molecular complexity index is 2350. The van der Waals surface area contributed by atoms with Crippen LogP contribution in [0.2, 0.25) is 0 Å². The molecular weight excluding hydrogens is 919 g/mol. The first-order valence-corrected chi connectivity index (χ1v) is 26.9. The summed E-state index contributed by atoms with van der Waals surface area (Å²) in [4.78, 5) is 29.6. The number of carbonyl (C=O) groups is 2. The summed E-state index contributed by atoms with van der Waals surface area (Å²) in [6.07, 6.45) is 11.6. The Morgan fingerprint density at radius 2 is 1.82 bits per heavy atom. The zero-order valence-corrected chi connectivity index (χ0v) is 42.5. The van der Waals surface area contributed by atoms with E-state index in [-0.39, 0.29) is 78.8 Å². The molecule has 18 atom stereocenters. The van der Waals surface area contributed by atoms with Gasteiger partial charge in [-0.3, -0.25) is 4.79 Å². The third-order valence-electron chi connectivity index (χ3n) is 18.3. The van der Waals surface area contributed by atoms with E-state index in [1.165, 1.54) is 38.5 Å². The molecule has 8 aliphatic rings. The highest BCUT2D eigenvalue weighted by atomic mass is 16.7. The number of ether oxygens (including phenoxy) is 4. The first-order valence-electron chi connectivity index (χ1n) is 26.9. The van der Waals surface area contributed by atoms with Crippen molar-refractivity contribution in [1.82, 2.24) is 5.32 Å². The van der Waals surface area contributed by atoms with Gasteiger partial charge < -0.3 is 60.0 Å². The van der Waals surface area contributed by atoms with Gasteiger partial charge in [-0.1, -0.05) is 75.6 Å². The summed E-state index contributed by atoms with van der Waals surface area (Å²) in [5, 5.41) is 80.9. The molecule has 14 nitrogen and oxygen atoms in total. The lowest BCUT2D eigenvalue weighted by molar-refractivity contribution is -0.333. The number of carbonyl (C=O) groups excluding carboxylic acids is 2. The van der Waals surface area contributed by atoms with Crippen LogP contribution in [0.4, 0.5) is 0 Å². The largest absolute Gasteiger partial charge is 0.504 e. The molecule has 0 unspecified atom stereocenters. The number of benzene rings is 2. The predicted octanol–water partition coefficient (Wildman–Crippen LogP) is 6.05. The van der Waals surface area contributed by atoms with Crippen LogP contribution in [0.5, 0.6) is 11.5 Å². The van der Waals surface area contributed by atoms with E-state index < -0.39 is 60.4 Å². The number of aryl methyl sites for hydroxylation is 1. The lowest BCUT2D eigenvalue weighted by atomic mass is 9.46. The summed E-state index contributed by atoms with van der Waals surface area (Å²) in [6, 6.07) is 9.94. The van der Waals surface area contributed by atoms with Gasteiger partial charge in [-0.15, -0.1) is 0 Å². The lowest BCUT2D eigenvalue weighted by Crippen LogP contribution is -2.71. The van der Waals surface area contributed by atoms with Gasteiger partial charge in [0.1, 0.15) is 12.2 Å². The number of fused-ring (bicyclic) bond motifs is 4. The minimum Gasteiger partial charge on any atom is -0.504 e. The molecule has 1 spiro atoms. The molecule has 10 rings (SSSR count). The first kappa shape index (κ1) is 52.7. The van der Waals surface area contributed by atoms with Crippen LogP contribution >= 0.6 is 0 Å². The number of esters is 2. The molecule has 14 heteroatoms. The van der Waals surface area contributed by atoms with Crippen LogP contribution in [0.15, 0.2) is 66.3 Å². The molecule has 6 aliphatic carbocycles. The number of phenols is 1. The third kappa shape index (κ3) is 10.6. The number of rotatable bonds is 16. The number of methoxy groups -OCH3 is 1. The van der Waals surface area contributed by atoms with Crippen molar-refractivity contribution < 1.29 is 64.3 Å². The highest BCUT2D eigenvalue weighted by molar-refractivity contribution is 5.94. The number of aromatic hydroxyl groups is 1. The molecule has 4 fully saturated rings. The van der Waals surface area contributed by atoms with Crippen LogP contribution in [0.3, 0.4) is 0 Å². The summed E-state index contributed by atoms with van der Waals surface area (Å²) in [6.45, 7) is 6.19. The van der Waals surface area contributed by atoms with Gasteiger partial charge in [0.05, 0.1) is 25.4 Å². The quantitative estimate of drug-likeness (QED) is 0.0545. The van der Waals surface area contributed by atoms with Gasteiger partial charge in [-0.25, -0.2) is 4.79 Å². The van der Waals surface area contributed by atoms with Crippen LogP contribution < -0.4 is 10.1 Å². The fourth-order valence-corrected chi connectivity index (χ4v) is 14.8. The molecule has 2 aliphatic heterocycles. The smallest absolute Gasteiger partial charge is 0.334 e. The van der Waals surface area contributed by atoms with Crippen molar-refractivity contribution >= 4 is 18.0 Å². The maximum absolute atomic E-state index is 15.1. The van der Waals surface area contributed by atoms with E-state index in [1.807, 2.05) is 18.2 Å². The number of nitrogens with one attached hydrogen (secondary N) is 1. The van der Waals surface area contributed by atoms with Gasteiger partial charge in [0.15, 0.2) is 23.7 Å². The number of aliphatic hydroxyl groups excluding tert-OH is 5. The minimum absolute atomic E-state index is 0.00850. The highest BCUT2D eigenvalue weighted by Gasteiger charge is 2.61. The standard InChI is InChI=1S/C58H79NO13/c1-32-22-41(57-19-16-43(48(64)29-57)51-33(2)6-5-7-38(51)27-42(57)23-32)13-15-50(65)70-54-52(66)53-46(59-30-34(3)62)17-20-58(68,72-53)55(54)71-56(67)40(24-36-9-14-47(63)49(26-36)69-4)28-45-39(31-61)12-11-37-10-8-35(18-21-60)25-44(37)45/h8-10,14,16-17,19-20,24-26,32-34,38-39,41-43,45-46,48,51-55,59-64,66,68H,5-7,11-13,15,18,21-23,27-31H2,1-4H3/b40-24+/t32-,33-,34-,38-,39+,41+,42-,43-,45-,46-,48+,51+,52-,53-,54+,55+,57+,58+/m0/s1. The Kier molecular flexibility index (Phi) is 16.1. The molecule has 1 saturated heterocycles. The number of aliphatic hydroxyl groups is 6. The minimum atomic E-state index is -2.36. The second-order valence-electron chi connectivity index (χ2n) is 23.0. The predicted molar refractivity (Wildman–Crippen MR) is 269 cm³/mol. The van der Waals surface area contributed by atoms with Crippen LogP contribution in [0, 0.1) is 52.8 Å². The number of hydrogen-bond acceptors (Lipinski definition) is 14. The van der Waals surface area contributed by atoms with E-state index >= 15 is 4.79 Å². The Labute approximate surface area is 424 Å². The Morgan fingerprint density at radius 1 is 1.00 bits per heavy atom. The molecule has 3 saturated carbocycles. The summed E-state index contributed by atoms with van der Waals surface area (Å²) in [5.41, 5.74) is 3.27. The molecular formula is C58H79NO13. The van der Waals surface area contributed by atoms with Crippen LogP contribution in [0.25, 0.3) is 6.08 Å². The molecule has 0 radical (unpaired) electrons. The normalized spacial score (nSPS) is 38.4. The maximum Gasteiger partial charge on any atom is 0.334 e. The fourth-order valence-electron chi connectivity index (χ4n) is 14.8. The summed E-state index contributed by atoms with van der Waals surface area (Å²) < 4.78 is 24.2. The van der Waals surface area contributed by atoms with Crippen molar-refractivity contribution in [2.45, 2.75) is 159 Å². The van der Waals surface area contributed by atoms with Gasteiger partial charge in [0.25, 0.3) is 0 Å². The average molecular weight is 998 g/mol. The van der Waals surface area contributed by atoms with Gasteiger partial charge in [0, 0.05) is 37.7 Å². The van der Waals surface area contributed by atoms with Crippen LogP contribution in [0.1, 0.15) is 120 Å². The number of allylic oxidation sites excluding steroid dienone is 1. The second kappa shape index (κ2) is 22.0. The van der Waals surface area contributed by atoms with Gasteiger partial charge in [-0.2, -0.15) is 0 Å². The summed E-state index contributed by atoms with van der Waals surface area (Å²) in [7, 11) is 1.42. The van der Waals surface area contributed by atoms with Crippen molar-refractivity contribution in [3.05, 3.63) is 88.5 Å². The van der Waals surface area contributed by atoms with Crippen molar-refractivity contribution in [1.29, 1.82) is 0 Å². The van der Waals surface area contributed by atoms with Gasteiger partial charge >= 0.3 is 11.9 Å². The molecule has 4 bridgehead atoms. The zero-order chi connectivity index (χ0) is 51.1. The maximum atomic E-state index is 15.1. The van der Waals surface area contributed by atoms with E-state index in [0.29, 0.717) is 67.3 Å². The molecule has 8 N–H and O–H groups in total. The summed E-state index contributed by atoms with van der Waals surface area (Å²) in [5.74, 6) is -1.81. The SMILES string of the molecule is COc1cc(/C=C(\C[C@@H]2c3cc(CCO)ccc3CC[C@@H]2CO)C(=O)O[C@@H]2[C@H](OC(=O)CC[C@@H]3C[C@H](C)C[C@H]4C[C@@H]5CCC[C@H](C)[C@H]5[C@H]5C=C[C@@]34C[C@H]5O)[C@@H](O)[C@H]3O[C@]2(O)C=C[C@@H]3NC[C@H](C)O)ccc1O. The van der Waals surface area contributed by atoms with Crippen molar-refractivity contribution in [2.24, 2.45) is 52.8 Å². The van der Waals surface area contributed by atoms with Crippen LogP contribution in [-0.4, -0.2) is 123 Å². The molecule has 2 aromatic carbocycles. The highest BCUT2D eigenvalue weighted by Crippen LogP contribution is 2.62. The number of phenolic OH excluding ortho intramolecular Hbond substituents is 1. The monoisotopic (exact) mass is 998 g/mol. The second-order valence-corrected chi connectivity index (χ2v) is 23.0.